The summed E-state index contributed by atoms with van der Waals surface area (Å²) >= 11 is 1.57. The van der Waals surface area contributed by atoms with Crippen LogP contribution in [-0.4, -0.2) is 15.8 Å². The van der Waals surface area contributed by atoms with E-state index < -0.39 is 0 Å². The van der Waals surface area contributed by atoms with E-state index in [1.807, 2.05) is 42.5 Å². The van der Waals surface area contributed by atoms with Crippen molar-refractivity contribution in [3.05, 3.63) is 70.5 Å². The zero-order valence-electron chi connectivity index (χ0n) is 13.0. The number of carbonyl (C=O) groups excluding carboxylic acids is 1. The van der Waals surface area contributed by atoms with Gasteiger partial charge in [0, 0.05) is 17.5 Å². The zero-order chi connectivity index (χ0) is 16.4. The molecule has 0 N–H and O–H groups in total. The lowest BCUT2D eigenvalue weighted by molar-refractivity contribution is 0.0971. The number of rotatable bonds is 1. The molecule has 24 heavy (non-hydrogen) atoms. The molecule has 0 saturated carbocycles. The normalized spacial score (nSPS) is 13.1. The fourth-order valence-corrected chi connectivity index (χ4v) is 3.51. The topological polar surface area (TPSA) is 42.9 Å². The summed E-state index contributed by atoms with van der Waals surface area (Å²) in [4.78, 5) is 21.7. The SMILES string of the molecule is O=C1CCCc2nc(C#Cc3cnc(-c4ccccc4)s3)ccc21. The minimum absolute atomic E-state index is 0.193. The number of pyridine rings is 1. The largest absolute Gasteiger partial charge is 0.294 e. The summed E-state index contributed by atoms with van der Waals surface area (Å²) in [5, 5.41) is 0.962. The summed E-state index contributed by atoms with van der Waals surface area (Å²) in [5.41, 5.74) is 3.45. The van der Waals surface area contributed by atoms with E-state index in [0.29, 0.717) is 12.1 Å². The number of benzene rings is 1. The maximum atomic E-state index is 11.8. The van der Waals surface area contributed by atoms with Gasteiger partial charge in [-0.15, -0.1) is 11.3 Å². The smallest absolute Gasteiger partial charge is 0.164 e. The van der Waals surface area contributed by atoms with Crippen LogP contribution >= 0.6 is 11.3 Å². The van der Waals surface area contributed by atoms with Gasteiger partial charge < -0.3 is 0 Å². The van der Waals surface area contributed by atoms with Crippen LogP contribution in [0.3, 0.4) is 0 Å². The molecule has 3 nitrogen and oxygen atoms in total. The number of Topliss-reactive ketones (excluding diaryl/α,β-unsaturated/α-hetero) is 1. The first-order chi connectivity index (χ1) is 11.8. The first kappa shape index (κ1) is 14.8. The van der Waals surface area contributed by atoms with Crippen molar-refractivity contribution in [1.29, 1.82) is 0 Å². The Balaban J connectivity index is 1.59. The zero-order valence-corrected chi connectivity index (χ0v) is 13.8. The van der Waals surface area contributed by atoms with E-state index in [1.165, 1.54) is 0 Å². The van der Waals surface area contributed by atoms with Gasteiger partial charge in [-0.3, -0.25) is 4.79 Å². The van der Waals surface area contributed by atoms with Crippen LogP contribution in [-0.2, 0) is 6.42 Å². The number of aromatic nitrogens is 2. The van der Waals surface area contributed by atoms with E-state index >= 15 is 0 Å². The molecule has 2 aromatic heterocycles. The monoisotopic (exact) mass is 330 g/mol. The number of carbonyl (C=O) groups is 1. The molecule has 1 aliphatic rings. The molecule has 0 spiro atoms. The van der Waals surface area contributed by atoms with Crippen molar-refractivity contribution in [2.75, 3.05) is 0 Å². The molecule has 0 saturated heterocycles. The van der Waals surface area contributed by atoms with Gasteiger partial charge in [-0.25, -0.2) is 9.97 Å². The van der Waals surface area contributed by atoms with Crippen molar-refractivity contribution in [1.82, 2.24) is 9.97 Å². The number of thiazole rings is 1. The number of nitrogens with zero attached hydrogens (tertiary/aromatic N) is 2. The summed E-state index contributed by atoms with van der Waals surface area (Å²) in [6, 6.07) is 13.8. The van der Waals surface area contributed by atoms with Crippen molar-refractivity contribution in [2.24, 2.45) is 0 Å². The number of hydrogen-bond acceptors (Lipinski definition) is 4. The molecule has 4 heteroatoms. The Morgan fingerprint density at radius 3 is 2.75 bits per heavy atom. The minimum Gasteiger partial charge on any atom is -0.294 e. The van der Waals surface area contributed by atoms with Crippen LogP contribution < -0.4 is 0 Å². The first-order valence-electron chi connectivity index (χ1n) is 7.86. The minimum atomic E-state index is 0.193. The summed E-state index contributed by atoms with van der Waals surface area (Å²) in [6.07, 6.45) is 4.16. The Labute approximate surface area is 144 Å². The first-order valence-corrected chi connectivity index (χ1v) is 8.68. The van der Waals surface area contributed by atoms with Gasteiger partial charge in [0.25, 0.3) is 0 Å². The molecule has 0 unspecified atom stereocenters. The second-order valence-corrected chi connectivity index (χ2v) is 6.64. The highest BCUT2D eigenvalue weighted by Gasteiger charge is 2.17. The molecule has 1 aromatic carbocycles. The molecule has 0 aliphatic heterocycles. The van der Waals surface area contributed by atoms with Crippen molar-refractivity contribution in [3.63, 3.8) is 0 Å². The molecule has 2 heterocycles. The fourth-order valence-electron chi connectivity index (χ4n) is 2.74. The lowest BCUT2D eigenvalue weighted by atomic mass is 9.94. The van der Waals surface area contributed by atoms with Gasteiger partial charge in [0.05, 0.1) is 16.8 Å². The van der Waals surface area contributed by atoms with E-state index in [-0.39, 0.29) is 5.78 Å². The Kier molecular flexibility index (Phi) is 3.94. The number of aryl methyl sites for hydroxylation is 1. The van der Waals surface area contributed by atoms with Crippen molar-refractivity contribution in [2.45, 2.75) is 19.3 Å². The van der Waals surface area contributed by atoms with Crippen LogP contribution in [0.5, 0.6) is 0 Å². The van der Waals surface area contributed by atoms with Gasteiger partial charge in [-0.1, -0.05) is 30.3 Å². The van der Waals surface area contributed by atoms with Crippen LogP contribution in [0.4, 0.5) is 0 Å². The highest BCUT2D eigenvalue weighted by atomic mass is 32.1. The second-order valence-electron chi connectivity index (χ2n) is 5.61. The van der Waals surface area contributed by atoms with Gasteiger partial charge in [-0.2, -0.15) is 0 Å². The van der Waals surface area contributed by atoms with E-state index in [9.17, 15) is 4.79 Å². The molecule has 0 amide bonds. The highest BCUT2D eigenvalue weighted by molar-refractivity contribution is 7.15. The summed E-state index contributed by atoms with van der Waals surface area (Å²) < 4.78 is 0. The average molecular weight is 330 g/mol. The molecular formula is C20H14N2OS. The van der Waals surface area contributed by atoms with Crippen molar-refractivity contribution < 1.29 is 4.79 Å². The van der Waals surface area contributed by atoms with Crippen LogP contribution in [0.15, 0.2) is 48.7 Å². The van der Waals surface area contributed by atoms with Gasteiger partial charge in [0.15, 0.2) is 5.78 Å². The van der Waals surface area contributed by atoms with Gasteiger partial charge in [0.1, 0.15) is 10.7 Å². The lowest BCUT2D eigenvalue weighted by Crippen LogP contribution is -2.12. The Hall–Kier alpha value is -2.77. The lowest BCUT2D eigenvalue weighted by Gasteiger charge is -2.12. The van der Waals surface area contributed by atoms with Gasteiger partial charge in [-0.05, 0) is 36.8 Å². The van der Waals surface area contributed by atoms with E-state index in [1.54, 1.807) is 17.5 Å². The molecule has 0 fully saturated rings. The van der Waals surface area contributed by atoms with Crippen LogP contribution in [0.1, 0.15) is 39.5 Å². The standard InChI is InChI=1S/C20H14N2OS/c23-19-8-4-7-18-17(19)12-10-15(22-18)9-11-16-13-21-20(24-16)14-5-2-1-3-6-14/h1-3,5-6,10,12-13H,4,7-8H2. The molecule has 4 rings (SSSR count). The fraction of sp³-hybridized carbons (Fsp3) is 0.150. The summed E-state index contributed by atoms with van der Waals surface area (Å²) in [7, 11) is 0. The highest BCUT2D eigenvalue weighted by Crippen LogP contribution is 2.24. The summed E-state index contributed by atoms with van der Waals surface area (Å²) in [6.45, 7) is 0. The van der Waals surface area contributed by atoms with Crippen LogP contribution in [0.2, 0.25) is 0 Å². The quantitative estimate of drug-likeness (QED) is 0.630. The van der Waals surface area contributed by atoms with Gasteiger partial charge in [0.2, 0.25) is 0 Å². The maximum Gasteiger partial charge on any atom is 0.164 e. The average Bonchev–Trinajstić information content (AvgIpc) is 3.10. The number of hydrogen-bond donors (Lipinski definition) is 0. The third-order valence-electron chi connectivity index (χ3n) is 3.93. The van der Waals surface area contributed by atoms with E-state index in [4.69, 9.17) is 0 Å². The Morgan fingerprint density at radius 1 is 1.00 bits per heavy atom. The summed E-state index contributed by atoms with van der Waals surface area (Å²) in [5.74, 6) is 6.41. The van der Waals surface area contributed by atoms with Crippen LogP contribution in [0, 0.1) is 11.8 Å². The van der Waals surface area contributed by atoms with Gasteiger partial charge >= 0.3 is 0 Å². The predicted molar refractivity (Wildman–Crippen MR) is 95.0 cm³/mol. The molecule has 3 aromatic rings. The molecule has 0 atom stereocenters. The van der Waals surface area contributed by atoms with Crippen LogP contribution in [0.25, 0.3) is 10.6 Å². The van der Waals surface area contributed by atoms with E-state index in [2.05, 4.69) is 21.8 Å². The van der Waals surface area contributed by atoms with Crippen molar-refractivity contribution in [3.8, 4) is 22.4 Å². The van der Waals surface area contributed by atoms with E-state index in [0.717, 1.165) is 39.5 Å². The predicted octanol–water partition coefficient (Wildman–Crippen LogP) is 4.12. The third kappa shape index (κ3) is 2.99. The second kappa shape index (κ2) is 6.38. The molecule has 116 valence electrons. The Bertz CT molecular complexity index is 964. The molecule has 1 aliphatic carbocycles. The third-order valence-corrected chi connectivity index (χ3v) is 4.89. The molecular weight excluding hydrogens is 316 g/mol. The Morgan fingerprint density at radius 2 is 1.88 bits per heavy atom. The maximum absolute atomic E-state index is 11.8. The number of ketones is 1. The molecule has 0 radical (unpaired) electrons. The number of fused-ring (bicyclic) bond motifs is 1. The molecule has 0 bridgehead atoms. The van der Waals surface area contributed by atoms with Crippen molar-refractivity contribution >= 4 is 17.1 Å².